The Kier molecular flexibility index (Phi) is 10.6. The van der Waals surface area contributed by atoms with Crippen molar-refractivity contribution < 1.29 is 36.8 Å². The van der Waals surface area contributed by atoms with E-state index in [4.69, 9.17) is 27.2 Å². The highest BCUT2D eigenvalue weighted by atomic mass is 28.5. The van der Waals surface area contributed by atoms with Gasteiger partial charge in [0.1, 0.15) is 31.9 Å². The molecule has 4 atom stereocenters. The molecular formula is C23H45BO8Si2. The molecule has 34 heavy (non-hydrogen) atoms. The molecular weight excluding hydrogens is 471 g/mol. The first-order chi connectivity index (χ1) is 15.8. The average molecular weight is 517 g/mol. The van der Waals surface area contributed by atoms with Gasteiger partial charge in [0, 0.05) is 6.42 Å². The van der Waals surface area contributed by atoms with Gasteiger partial charge in [0.05, 0.1) is 19.0 Å². The van der Waals surface area contributed by atoms with E-state index < -0.39 is 29.2 Å². The van der Waals surface area contributed by atoms with E-state index in [0.717, 1.165) is 0 Å². The van der Waals surface area contributed by atoms with E-state index in [1.165, 1.54) is 6.92 Å². The smallest absolute Gasteiger partial charge is 0.335 e. The van der Waals surface area contributed by atoms with Crippen molar-refractivity contribution in [2.45, 2.75) is 122 Å². The Labute approximate surface area is 208 Å². The van der Waals surface area contributed by atoms with E-state index in [9.17, 15) is 9.59 Å². The average Bonchev–Trinajstić information content (AvgIpc) is 2.99. The minimum absolute atomic E-state index is 0.0486. The van der Waals surface area contributed by atoms with Gasteiger partial charge in [-0.05, 0) is 29.1 Å². The topological polar surface area (TPSA) is 89.5 Å². The van der Waals surface area contributed by atoms with Crippen molar-refractivity contribution >= 4 is 36.7 Å². The third-order valence-corrected chi connectivity index (χ3v) is 17.3. The highest BCUT2D eigenvalue weighted by Gasteiger charge is 2.61. The summed E-state index contributed by atoms with van der Waals surface area (Å²) >= 11 is 0. The molecule has 8 nitrogen and oxygen atoms in total. The fourth-order valence-electron chi connectivity index (χ4n) is 5.08. The monoisotopic (exact) mass is 516 g/mol. The zero-order chi connectivity index (χ0) is 25.8. The first-order valence-electron chi connectivity index (χ1n) is 12.7. The number of hydrogen-bond acceptors (Lipinski definition) is 8. The molecule has 0 aromatic heterocycles. The van der Waals surface area contributed by atoms with E-state index in [2.05, 4.69) is 55.4 Å². The fourth-order valence-corrected chi connectivity index (χ4v) is 16.3. The molecule has 0 bridgehead atoms. The van der Waals surface area contributed by atoms with Crippen molar-refractivity contribution in [2.24, 2.45) is 0 Å². The highest BCUT2D eigenvalue weighted by molar-refractivity contribution is 6.84. The lowest BCUT2D eigenvalue weighted by atomic mass is 9.93. The third-order valence-electron chi connectivity index (χ3n) is 7.04. The molecule has 0 spiro atoms. The first-order valence-corrected chi connectivity index (χ1v) is 16.6. The van der Waals surface area contributed by atoms with Gasteiger partial charge in [0.15, 0.2) is 6.79 Å². The molecule has 0 aromatic carbocycles. The Balaban J connectivity index is 2.28. The summed E-state index contributed by atoms with van der Waals surface area (Å²) in [4.78, 5) is 23.0. The Morgan fingerprint density at radius 2 is 1.50 bits per heavy atom. The lowest BCUT2D eigenvalue weighted by Crippen LogP contribution is -2.66. The summed E-state index contributed by atoms with van der Waals surface area (Å²) in [6, 6.07) is -0.257. The zero-order valence-corrected chi connectivity index (χ0v) is 24.7. The van der Waals surface area contributed by atoms with Crippen molar-refractivity contribution in [3.63, 3.8) is 0 Å². The van der Waals surface area contributed by atoms with Gasteiger partial charge >= 0.3 is 23.1 Å². The summed E-state index contributed by atoms with van der Waals surface area (Å²) in [5.74, 6) is -0.506. The van der Waals surface area contributed by atoms with Crippen LogP contribution in [0.4, 0.5) is 0 Å². The Morgan fingerprint density at radius 1 is 0.941 bits per heavy atom. The predicted octanol–water partition coefficient (Wildman–Crippen LogP) is 3.56. The van der Waals surface area contributed by atoms with Crippen LogP contribution in [0.1, 0.15) is 75.2 Å². The zero-order valence-electron chi connectivity index (χ0n) is 22.7. The quantitative estimate of drug-likeness (QED) is 0.247. The summed E-state index contributed by atoms with van der Waals surface area (Å²) in [6.45, 7) is 19.1. The Bertz CT molecular complexity index is 686. The molecule has 1 unspecified atom stereocenters. The molecule has 2 fully saturated rings. The standard InChI is InChI=1S/C23H45BO8Si2/c1-14(2)33(15(3)4)29-12-19-21(31-34(32-33,16(5)6)17(7)8)22(23(24)30-19)28-13-27-20(26)11-10-18(9)25/h14-17,19,21-23H,10-13,24H2,1-9H3/t19-,21?,22+,23-/m1/s1. The number of carbonyl (C=O) groups is 2. The van der Waals surface area contributed by atoms with Crippen LogP contribution in [0.5, 0.6) is 0 Å². The SMILES string of the molecule is B[C@@H]1O[C@@H]2CO[Si](C(C)C)(C(C)C)O[Si](C(C)C)(C(C)C)OC2[C@@H]1OCOC(=O)CCC(C)=O. The number of Topliss-reactive ketones (excluding diaryl/α,β-unsaturated/α-hetero) is 1. The maximum absolute atomic E-state index is 11.9. The minimum atomic E-state index is -2.79. The highest BCUT2D eigenvalue weighted by Crippen LogP contribution is 2.47. The van der Waals surface area contributed by atoms with Crippen LogP contribution in [-0.4, -0.2) is 74.4 Å². The number of ketones is 1. The normalized spacial score (nSPS) is 28.7. The number of hydrogen-bond donors (Lipinski definition) is 0. The van der Waals surface area contributed by atoms with Crippen LogP contribution in [0.15, 0.2) is 0 Å². The summed E-state index contributed by atoms with van der Waals surface area (Å²) in [5.41, 5.74) is 0.912. The molecule has 0 saturated carbocycles. The molecule has 196 valence electrons. The van der Waals surface area contributed by atoms with E-state index in [-0.39, 0.29) is 65.8 Å². The van der Waals surface area contributed by atoms with Crippen LogP contribution < -0.4 is 0 Å². The van der Waals surface area contributed by atoms with Crippen LogP contribution in [-0.2, 0) is 36.8 Å². The second kappa shape index (κ2) is 12.1. The van der Waals surface area contributed by atoms with E-state index in [1.807, 2.05) is 7.85 Å². The lowest BCUT2D eigenvalue weighted by Gasteiger charge is -2.51. The number of esters is 1. The summed E-state index contributed by atoms with van der Waals surface area (Å²) < 4.78 is 38.5. The van der Waals surface area contributed by atoms with Gasteiger partial charge in [-0.2, -0.15) is 0 Å². The molecule has 0 aromatic rings. The predicted molar refractivity (Wildman–Crippen MR) is 137 cm³/mol. The first kappa shape index (κ1) is 29.7. The van der Waals surface area contributed by atoms with Crippen molar-refractivity contribution in [1.29, 1.82) is 0 Å². The van der Waals surface area contributed by atoms with Gasteiger partial charge in [0.2, 0.25) is 0 Å². The molecule has 0 aliphatic carbocycles. The number of rotatable bonds is 10. The lowest BCUT2D eigenvalue weighted by molar-refractivity contribution is -0.166. The maximum atomic E-state index is 11.9. The Morgan fingerprint density at radius 3 is 2.00 bits per heavy atom. The fraction of sp³-hybridized carbons (Fsp3) is 0.913. The summed E-state index contributed by atoms with van der Waals surface area (Å²) in [5, 5.41) is 0. The Hall–Kier alpha value is -0.561. The van der Waals surface area contributed by atoms with Gasteiger partial charge < -0.3 is 32.0 Å². The van der Waals surface area contributed by atoms with Crippen LogP contribution in [0, 0.1) is 0 Å². The van der Waals surface area contributed by atoms with Crippen molar-refractivity contribution in [1.82, 2.24) is 0 Å². The van der Waals surface area contributed by atoms with Crippen LogP contribution in [0.25, 0.3) is 0 Å². The van der Waals surface area contributed by atoms with Gasteiger partial charge in [-0.3, -0.25) is 4.79 Å². The van der Waals surface area contributed by atoms with Gasteiger partial charge in [-0.15, -0.1) is 0 Å². The summed E-state index contributed by atoms with van der Waals surface area (Å²) in [6.07, 6.45) is -0.874. The van der Waals surface area contributed by atoms with Gasteiger partial charge in [0.25, 0.3) is 0 Å². The van der Waals surface area contributed by atoms with E-state index >= 15 is 0 Å². The molecule has 11 heteroatoms. The van der Waals surface area contributed by atoms with Crippen molar-refractivity contribution in [3.05, 3.63) is 0 Å². The molecule has 2 aliphatic rings. The number of ether oxygens (including phenoxy) is 3. The number of carbonyl (C=O) groups excluding carboxylic acids is 2. The second-order valence-corrected chi connectivity index (χ2v) is 19.7. The molecule has 2 saturated heterocycles. The maximum Gasteiger partial charge on any atom is 0.335 e. The van der Waals surface area contributed by atoms with Crippen LogP contribution in [0.2, 0.25) is 22.2 Å². The molecule has 2 rings (SSSR count). The molecule has 2 heterocycles. The van der Waals surface area contributed by atoms with E-state index in [0.29, 0.717) is 6.61 Å². The molecule has 0 amide bonds. The van der Waals surface area contributed by atoms with Crippen molar-refractivity contribution in [2.75, 3.05) is 13.4 Å². The van der Waals surface area contributed by atoms with Crippen molar-refractivity contribution in [3.8, 4) is 0 Å². The molecule has 0 radical (unpaired) electrons. The summed E-state index contributed by atoms with van der Waals surface area (Å²) in [7, 11) is -3.47. The third kappa shape index (κ3) is 6.40. The molecule has 2 aliphatic heterocycles. The van der Waals surface area contributed by atoms with Crippen LogP contribution in [0.3, 0.4) is 0 Å². The van der Waals surface area contributed by atoms with Gasteiger partial charge in [-0.25, -0.2) is 0 Å². The second-order valence-electron chi connectivity index (χ2n) is 10.9. The van der Waals surface area contributed by atoms with Gasteiger partial charge in [-0.1, -0.05) is 55.4 Å². The van der Waals surface area contributed by atoms with Crippen LogP contribution >= 0.6 is 0 Å². The minimum Gasteiger partial charge on any atom is -0.438 e. The molecule has 0 N–H and O–H groups in total. The van der Waals surface area contributed by atoms with E-state index in [1.54, 1.807) is 0 Å². The number of fused-ring (bicyclic) bond motifs is 1. The largest absolute Gasteiger partial charge is 0.438 e.